The molecular weight excluding hydrogens is 293 g/mol. The Bertz CT molecular complexity index is 248. The van der Waals surface area contributed by atoms with Crippen molar-refractivity contribution in [3.63, 3.8) is 0 Å². The minimum absolute atomic E-state index is 0.356. The second kappa shape index (κ2) is 9.05. The number of hydrogen-bond acceptors (Lipinski definition) is 5. The van der Waals surface area contributed by atoms with Gasteiger partial charge in [0, 0.05) is 0 Å². The van der Waals surface area contributed by atoms with Crippen molar-refractivity contribution >= 4 is 38.4 Å². The third kappa shape index (κ3) is 5.89. The number of rotatable bonds is 7. The summed E-state index contributed by atoms with van der Waals surface area (Å²) in [7, 11) is 1.35. The van der Waals surface area contributed by atoms with E-state index in [1.807, 2.05) is 13.2 Å². The molecule has 1 radical (unpaired) electrons. The second-order valence-corrected chi connectivity index (χ2v) is 5.07. The molecule has 0 saturated carbocycles. The summed E-state index contributed by atoms with van der Waals surface area (Å²) in [5.74, 6) is 0.476. The first-order valence-corrected chi connectivity index (χ1v) is 7.31. The minimum atomic E-state index is -0.624. The van der Waals surface area contributed by atoms with Crippen molar-refractivity contribution in [3.05, 3.63) is 0 Å². The van der Waals surface area contributed by atoms with Crippen molar-refractivity contribution in [2.75, 3.05) is 19.1 Å². The molecule has 0 heterocycles. The van der Waals surface area contributed by atoms with E-state index >= 15 is 0 Å². The van der Waals surface area contributed by atoms with Crippen LogP contribution in [-0.4, -0.2) is 63.0 Å². The number of aliphatic hydroxyl groups excluding tert-OH is 1. The SMILES string of the molecule is CC[C@@H](O)C([Se])=N[C@@H](CCSC)C(=O)OC. The average molecular weight is 311 g/mol. The number of carbonyl (C=O) groups excluding carboxylic acids is 1. The fraction of sp³-hybridized carbons (Fsp3) is 0.800. The fourth-order valence-electron chi connectivity index (χ4n) is 1.01. The Labute approximate surface area is 109 Å². The molecule has 0 unspecified atom stereocenters. The first-order chi connectivity index (χ1) is 7.56. The van der Waals surface area contributed by atoms with E-state index in [2.05, 4.69) is 25.7 Å². The number of hydrogen-bond donors (Lipinski definition) is 1. The van der Waals surface area contributed by atoms with E-state index in [4.69, 9.17) is 0 Å². The first-order valence-electron chi connectivity index (χ1n) is 5.06. The Kier molecular flexibility index (Phi) is 9.03. The van der Waals surface area contributed by atoms with E-state index in [1.165, 1.54) is 7.11 Å². The topological polar surface area (TPSA) is 58.9 Å². The molecular formula is C10H18NO3SSe. The van der Waals surface area contributed by atoms with E-state index in [0.717, 1.165) is 5.75 Å². The van der Waals surface area contributed by atoms with Crippen LogP contribution in [-0.2, 0) is 9.53 Å². The predicted octanol–water partition coefficient (Wildman–Crippen LogP) is 0.619. The van der Waals surface area contributed by atoms with Crippen molar-refractivity contribution < 1.29 is 14.6 Å². The first kappa shape index (κ1) is 16.0. The van der Waals surface area contributed by atoms with Gasteiger partial charge in [-0.05, 0) is 0 Å². The summed E-state index contributed by atoms with van der Waals surface area (Å²) in [6.07, 6.45) is 2.54. The summed E-state index contributed by atoms with van der Waals surface area (Å²) >= 11 is 4.35. The van der Waals surface area contributed by atoms with Gasteiger partial charge in [-0.3, -0.25) is 0 Å². The number of thioether (sulfide) groups is 1. The molecule has 0 fully saturated rings. The van der Waals surface area contributed by atoms with Crippen molar-refractivity contribution in [2.45, 2.75) is 31.9 Å². The van der Waals surface area contributed by atoms with Crippen LogP contribution < -0.4 is 0 Å². The van der Waals surface area contributed by atoms with Crippen molar-refractivity contribution in [2.24, 2.45) is 4.99 Å². The standard InChI is InChI=1S/C10H18NO3SSe/c1-4-8(12)9(16)11-7(5-6-15-3)10(13)14-2/h7-8,12H,4-6H2,1-3H3/t7-,8+/m0/s1. The molecule has 1 N–H and O–H groups in total. The third-order valence-electron chi connectivity index (χ3n) is 2.02. The van der Waals surface area contributed by atoms with Crippen LogP contribution in [0.15, 0.2) is 4.99 Å². The van der Waals surface area contributed by atoms with Gasteiger partial charge in [-0.1, -0.05) is 0 Å². The summed E-state index contributed by atoms with van der Waals surface area (Å²) in [5, 5.41) is 9.54. The van der Waals surface area contributed by atoms with Crippen LogP contribution in [0.3, 0.4) is 0 Å². The summed E-state index contributed by atoms with van der Waals surface area (Å²) in [5.41, 5.74) is 0. The number of methoxy groups -OCH3 is 1. The summed E-state index contributed by atoms with van der Waals surface area (Å²) < 4.78 is 5.14. The monoisotopic (exact) mass is 312 g/mol. The van der Waals surface area contributed by atoms with E-state index in [-0.39, 0.29) is 5.97 Å². The number of carbonyl (C=O) groups is 1. The summed E-state index contributed by atoms with van der Waals surface area (Å²) in [4.78, 5) is 15.6. The van der Waals surface area contributed by atoms with Gasteiger partial charge in [0.25, 0.3) is 0 Å². The molecule has 0 aromatic carbocycles. The molecule has 0 amide bonds. The Morgan fingerprint density at radius 2 is 2.25 bits per heavy atom. The Balaban J connectivity index is 4.56. The fourth-order valence-corrected chi connectivity index (χ4v) is 2.09. The van der Waals surface area contributed by atoms with Gasteiger partial charge in [-0.2, -0.15) is 0 Å². The maximum absolute atomic E-state index is 11.4. The molecule has 0 aliphatic rings. The van der Waals surface area contributed by atoms with Gasteiger partial charge in [-0.15, -0.1) is 0 Å². The Hall–Kier alpha value is -0.0305. The molecule has 0 aromatic heterocycles. The van der Waals surface area contributed by atoms with Gasteiger partial charge in [0.15, 0.2) is 0 Å². The third-order valence-corrected chi connectivity index (χ3v) is 3.46. The van der Waals surface area contributed by atoms with Crippen LogP contribution in [0, 0.1) is 0 Å². The van der Waals surface area contributed by atoms with Crippen LogP contribution in [0.2, 0.25) is 0 Å². The molecule has 0 aromatic rings. The van der Waals surface area contributed by atoms with Crippen LogP contribution in [0.5, 0.6) is 0 Å². The molecule has 16 heavy (non-hydrogen) atoms. The average Bonchev–Trinajstić information content (AvgIpc) is 2.31. The van der Waals surface area contributed by atoms with Gasteiger partial charge in [-0.25, -0.2) is 0 Å². The zero-order valence-electron chi connectivity index (χ0n) is 9.80. The van der Waals surface area contributed by atoms with Crippen molar-refractivity contribution in [1.82, 2.24) is 0 Å². The number of aliphatic imine (C=N–C) groups is 1. The molecule has 0 spiro atoms. The van der Waals surface area contributed by atoms with Crippen LogP contribution in [0.4, 0.5) is 0 Å². The molecule has 2 atom stereocenters. The van der Waals surface area contributed by atoms with E-state index in [0.29, 0.717) is 17.5 Å². The van der Waals surface area contributed by atoms with Gasteiger partial charge >= 0.3 is 109 Å². The van der Waals surface area contributed by atoms with Crippen LogP contribution in [0.1, 0.15) is 19.8 Å². The van der Waals surface area contributed by atoms with Gasteiger partial charge in [0.05, 0.1) is 0 Å². The Morgan fingerprint density at radius 1 is 1.62 bits per heavy atom. The normalized spacial score (nSPS) is 15.6. The molecule has 0 aliphatic heterocycles. The molecule has 93 valence electrons. The number of aliphatic hydroxyl groups is 1. The number of esters is 1. The van der Waals surface area contributed by atoms with Gasteiger partial charge in [0.1, 0.15) is 0 Å². The van der Waals surface area contributed by atoms with Crippen LogP contribution in [0.25, 0.3) is 0 Å². The number of ether oxygens (including phenoxy) is 1. The molecule has 0 aliphatic carbocycles. The van der Waals surface area contributed by atoms with E-state index < -0.39 is 12.1 Å². The quantitative estimate of drug-likeness (QED) is 0.425. The van der Waals surface area contributed by atoms with Gasteiger partial charge < -0.3 is 0 Å². The Morgan fingerprint density at radius 3 is 2.69 bits per heavy atom. The molecule has 0 bridgehead atoms. The summed E-state index contributed by atoms with van der Waals surface area (Å²) in [6, 6.07) is -0.519. The van der Waals surface area contributed by atoms with E-state index in [1.54, 1.807) is 11.8 Å². The van der Waals surface area contributed by atoms with E-state index in [9.17, 15) is 9.90 Å². The zero-order valence-corrected chi connectivity index (χ0v) is 12.3. The molecule has 0 saturated heterocycles. The predicted molar refractivity (Wildman–Crippen MR) is 68.3 cm³/mol. The molecule has 4 nitrogen and oxygen atoms in total. The van der Waals surface area contributed by atoms with Crippen molar-refractivity contribution in [3.8, 4) is 0 Å². The zero-order chi connectivity index (χ0) is 12.6. The number of nitrogens with zero attached hydrogens (tertiary/aromatic N) is 1. The van der Waals surface area contributed by atoms with Crippen molar-refractivity contribution in [1.29, 1.82) is 0 Å². The van der Waals surface area contributed by atoms with Crippen LogP contribution >= 0.6 is 11.8 Å². The molecule has 6 heteroatoms. The maximum atomic E-state index is 11.4. The molecule has 0 rings (SSSR count). The second-order valence-electron chi connectivity index (χ2n) is 3.21. The van der Waals surface area contributed by atoms with Gasteiger partial charge in [0.2, 0.25) is 0 Å². The summed E-state index contributed by atoms with van der Waals surface area (Å²) in [6.45, 7) is 1.85.